The molecule has 1 fully saturated rings. The molecule has 12 heteroatoms. The second-order valence-electron chi connectivity index (χ2n) is 10.3. The van der Waals surface area contributed by atoms with Crippen molar-refractivity contribution >= 4 is 15.5 Å². The number of aliphatic hydroxyl groups is 1. The van der Waals surface area contributed by atoms with Crippen molar-refractivity contribution in [1.82, 2.24) is 10.1 Å². The molecule has 3 N–H and O–H groups in total. The summed E-state index contributed by atoms with van der Waals surface area (Å²) < 4.78 is 58.8. The number of halogens is 1. The molecule has 3 heterocycles. The van der Waals surface area contributed by atoms with Gasteiger partial charge in [0.05, 0.1) is 28.5 Å². The molecule has 3 aromatic carbocycles. The highest BCUT2D eigenvalue weighted by atomic mass is 32.2. The monoisotopic (exact) mass is 580 g/mol. The van der Waals surface area contributed by atoms with Crippen LogP contribution in [0.3, 0.4) is 0 Å². The Labute approximate surface area is 236 Å². The fourth-order valence-electron chi connectivity index (χ4n) is 5.25. The minimum atomic E-state index is -3.88. The van der Waals surface area contributed by atoms with E-state index in [1.54, 1.807) is 0 Å². The van der Waals surface area contributed by atoms with Gasteiger partial charge in [0, 0.05) is 25.7 Å². The molecule has 1 saturated heterocycles. The Bertz CT molecular complexity index is 1640. The molecule has 10 nitrogen and oxygen atoms in total. The lowest BCUT2D eigenvalue weighted by Gasteiger charge is -2.26. The highest BCUT2D eigenvalue weighted by molar-refractivity contribution is 7.91. The van der Waals surface area contributed by atoms with Crippen LogP contribution in [0.25, 0.3) is 11.4 Å². The average Bonchev–Trinajstić information content (AvgIpc) is 3.63. The van der Waals surface area contributed by atoms with Crippen LogP contribution in [0.5, 0.6) is 11.5 Å². The van der Waals surface area contributed by atoms with Crippen LogP contribution in [0.2, 0.25) is 0 Å². The van der Waals surface area contributed by atoms with Crippen LogP contribution in [-0.2, 0) is 26.7 Å². The van der Waals surface area contributed by atoms with Crippen LogP contribution in [-0.4, -0.2) is 55.2 Å². The molecule has 2 aliphatic rings. The minimum Gasteiger partial charge on any atom is -0.457 e. The molecule has 0 spiro atoms. The van der Waals surface area contributed by atoms with Crippen molar-refractivity contribution in [3.8, 4) is 22.9 Å². The maximum Gasteiger partial charge on any atom is 0.261 e. The molecule has 41 heavy (non-hydrogen) atoms. The van der Waals surface area contributed by atoms with Gasteiger partial charge in [-0.05, 0) is 54.8 Å². The van der Waals surface area contributed by atoms with Crippen molar-refractivity contribution < 1.29 is 31.9 Å². The van der Waals surface area contributed by atoms with Crippen molar-refractivity contribution in [2.75, 3.05) is 30.4 Å². The summed E-state index contributed by atoms with van der Waals surface area (Å²) in [7, 11) is -3.88. The highest BCUT2D eigenvalue weighted by Crippen LogP contribution is 2.39. The molecule has 0 amide bonds. The fraction of sp³-hybridized carbons (Fsp3) is 0.310. The van der Waals surface area contributed by atoms with Crippen LogP contribution >= 0.6 is 0 Å². The van der Waals surface area contributed by atoms with Crippen molar-refractivity contribution in [2.24, 2.45) is 5.73 Å². The first-order valence-electron chi connectivity index (χ1n) is 13.2. The Morgan fingerprint density at radius 1 is 1.12 bits per heavy atom. The van der Waals surface area contributed by atoms with E-state index in [2.05, 4.69) is 10.1 Å². The van der Waals surface area contributed by atoms with Crippen LogP contribution in [0.15, 0.2) is 76.1 Å². The SMILES string of the molecule is N[C@@H]1CN(Cc2ccc(Oc3ccccc3)cc2)c2cc(-c3noc(C4(CO)CCCO4)n3)c(F)cc2S(=O)(=O)C1. The number of rotatable bonds is 7. The van der Waals surface area contributed by atoms with E-state index in [-0.39, 0.29) is 41.1 Å². The van der Waals surface area contributed by atoms with Crippen LogP contribution in [0.1, 0.15) is 24.3 Å². The number of fused-ring (bicyclic) bond motifs is 1. The Hall–Kier alpha value is -3.84. The molecule has 4 aromatic rings. The maximum atomic E-state index is 15.4. The smallest absolute Gasteiger partial charge is 0.261 e. The first-order valence-corrected chi connectivity index (χ1v) is 14.9. The van der Waals surface area contributed by atoms with Crippen LogP contribution in [0, 0.1) is 5.82 Å². The van der Waals surface area contributed by atoms with E-state index in [4.69, 9.17) is 19.7 Å². The van der Waals surface area contributed by atoms with Gasteiger partial charge in [-0.3, -0.25) is 0 Å². The second kappa shape index (κ2) is 10.9. The third-order valence-electron chi connectivity index (χ3n) is 7.30. The van der Waals surface area contributed by atoms with Gasteiger partial charge in [0.1, 0.15) is 17.3 Å². The van der Waals surface area contributed by atoms with Gasteiger partial charge in [-0.25, -0.2) is 12.8 Å². The van der Waals surface area contributed by atoms with Crippen LogP contribution < -0.4 is 15.4 Å². The number of sulfone groups is 1. The molecular formula is C29H29FN4O6S. The Balaban J connectivity index is 1.34. The first-order chi connectivity index (χ1) is 19.8. The summed E-state index contributed by atoms with van der Waals surface area (Å²) >= 11 is 0. The summed E-state index contributed by atoms with van der Waals surface area (Å²) in [4.78, 5) is 6.00. The number of anilines is 1. The van der Waals surface area contributed by atoms with E-state index in [0.29, 0.717) is 43.2 Å². The van der Waals surface area contributed by atoms with Gasteiger partial charge in [-0.15, -0.1) is 0 Å². The van der Waals surface area contributed by atoms with Gasteiger partial charge in [0.2, 0.25) is 5.82 Å². The van der Waals surface area contributed by atoms with Crippen molar-refractivity contribution in [3.63, 3.8) is 0 Å². The third-order valence-corrected chi connectivity index (χ3v) is 9.17. The zero-order valence-corrected chi connectivity index (χ0v) is 22.9. The molecule has 0 bridgehead atoms. The molecule has 0 radical (unpaired) electrons. The lowest BCUT2D eigenvalue weighted by molar-refractivity contribution is -0.0639. The van der Waals surface area contributed by atoms with Gasteiger partial charge < -0.3 is 29.7 Å². The molecule has 0 saturated carbocycles. The molecule has 1 aromatic heterocycles. The number of hydrogen-bond acceptors (Lipinski definition) is 10. The van der Waals surface area contributed by atoms with Crippen molar-refractivity contribution in [3.05, 3.63) is 84.0 Å². The van der Waals surface area contributed by atoms with Gasteiger partial charge in [0.25, 0.3) is 5.89 Å². The Morgan fingerprint density at radius 2 is 1.88 bits per heavy atom. The number of nitrogens with two attached hydrogens (primary N) is 1. The average molecular weight is 581 g/mol. The Morgan fingerprint density at radius 3 is 2.59 bits per heavy atom. The molecule has 2 atom stereocenters. The summed E-state index contributed by atoms with van der Waals surface area (Å²) in [6.07, 6.45) is 1.19. The quantitative estimate of drug-likeness (QED) is 0.332. The predicted octanol–water partition coefficient (Wildman–Crippen LogP) is 3.79. The van der Waals surface area contributed by atoms with Gasteiger partial charge in [-0.1, -0.05) is 35.5 Å². The first kappa shape index (κ1) is 27.3. The summed E-state index contributed by atoms with van der Waals surface area (Å²) in [6.45, 7) is 0.600. The minimum absolute atomic E-state index is 0.0351. The Kier molecular flexibility index (Phi) is 7.24. The van der Waals surface area contributed by atoms with E-state index in [1.165, 1.54) is 6.07 Å². The summed E-state index contributed by atoms with van der Waals surface area (Å²) in [6, 6.07) is 18.5. The van der Waals surface area contributed by atoms with E-state index in [1.807, 2.05) is 59.5 Å². The molecule has 0 aliphatic carbocycles. The summed E-state index contributed by atoms with van der Waals surface area (Å²) in [5.41, 5.74) is 6.22. The molecule has 214 valence electrons. The van der Waals surface area contributed by atoms with E-state index >= 15 is 4.39 Å². The lowest BCUT2D eigenvalue weighted by Crippen LogP contribution is -2.39. The van der Waals surface area contributed by atoms with E-state index in [0.717, 1.165) is 11.6 Å². The zero-order chi connectivity index (χ0) is 28.6. The van der Waals surface area contributed by atoms with Gasteiger partial charge in [-0.2, -0.15) is 4.98 Å². The fourth-order valence-corrected chi connectivity index (χ4v) is 6.89. The number of hydrogen-bond donors (Lipinski definition) is 2. The topological polar surface area (TPSA) is 141 Å². The molecular weight excluding hydrogens is 551 g/mol. The molecule has 1 unspecified atom stereocenters. The third kappa shape index (κ3) is 5.43. The summed E-state index contributed by atoms with van der Waals surface area (Å²) in [5.74, 6) is 0.203. The van der Waals surface area contributed by atoms with Gasteiger partial charge >= 0.3 is 0 Å². The number of benzene rings is 3. The van der Waals surface area contributed by atoms with Crippen molar-refractivity contribution in [2.45, 2.75) is 35.9 Å². The number of para-hydroxylation sites is 1. The largest absolute Gasteiger partial charge is 0.457 e. The number of nitrogens with zero attached hydrogens (tertiary/aromatic N) is 3. The van der Waals surface area contributed by atoms with E-state index in [9.17, 15) is 13.5 Å². The highest BCUT2D eigenvalue weighted by Gasteiger charge is 2.42. The second-order valence-corrected chi connectivity index (χ2v) is 12.3. The standard InChI is InChI=1S/C29H29FN4O6S/c30-24-14-26-25(13-23(24)27-32-28(40-33-27)29(18-35)11-4-12-38-29)34(16-20(31)17-41(26,36)37)15-19-7-9-22(10-8-19)39-21-5-2-1-3-6-21/h1-3,5-10,13-14,20,35H,4,11-12,15-18,31H2/t20-,29?/m1/s1. The predicted molar refractivity (Wildman–Crippen MR) is 148 cm³/mol. The van der Waals surface area contributed by atoms with Crippen molar-refractivity contribution in [1.29, 1.82) is 0 Å². The normalized spacial score (nSPS) is 21.8. The number of ether oxygens (including phenoxy) is 2. The number of aromatic nitrogens is 2. The van der Waals surface area contributed by atoms with Gasteiger partial charge in [0.15, 0.2) is 15.4 Å². The van der Waals surface area contributed by atoms with Crippen LogP contribution in [0.4, 0.5) is 10.1 Å². The number of aliphatic hydroxyl groups excluding tert-OH is 1. The molecule has 2 aliphatic heterocycles. The van der Waals surface area contributed by atoms with E-state index < -0.39 is 27.3 Å². The lowest BCUT2D eigenvalue weighted by atomic mass is 10.0. The zero-order valence-electron chi connectivity index (χ0n) is 22.1. The maximum absolute atomic E-state index is 15.4. The summed E-state index contributed by atoms with van der Waals surface area (Å²) in [5, 5.41) is 13.9. The molecule has 6 rings (SSSR count).